The first-order chi connectivity index (χ1) is 9.31. The van der Waals surface area contributed by atoms with Crippen LogP contribution in [-0.4, -0.2) is 30.6 Å². The number of hydrogen-bond acceptors (Lipinski definition) is 4. The summed E-state index contributed by atoms with van der Waals surface area (Å²) in [6.45, 7) is 0.848. The zero-order chi connectivity index (χ0) is 13.2. The fraction of sp³-hybridized carbons (Fsp3) is 0.333. The van der Waals surface area contributed by atoms with E-state index in [-0.39, 0.29) is 12.0 Å². The third-order valence-electron chi connectivity index (χ3n) is 3.65. The van der Waals surface area contributed by atoms with Gasteiger partial charge in [-0.15, -0.1) is 0 Å². The number of carbonyl (C=O) groups excluding carboxylic acids is 1. The van der Waals surface area contributed by atoms with Gasteiger partial charge in [-0.3, -0.25) is 0 Å². The van der Waals surface area contributed by atoms with Gasteiger partial charge in [0.15, 0.2) is 0 Å². The Balaban J connectivity index is 2.06. The van der Waals surface area contributed by atoms with Gasteiger partial charge in [0.1, 0.15) is 11.9 Å². The number of ether oxygens (including phenoxy) is 1. The van der Waals surface area contributed by atoms with Crippen molar-refractivity contribution in [3.8, 4) is 0 Å². The normalized spacial score (nSPS) is 18.8. The molecule has 4 heteroatoms. The van der Waals surface area contributed by atoms with E-state index in [4.69, 9.17) is 4.74 Å². The molecular weight excluding hydrogens is 240 g/mol. The van der Waals surface area contributed by atoms with E-state index in [1.54, 1.807) is 6.20 Å². The predicted molar refractivity (Wildman–Crippen MR) is 74.1 cm³/mol. The first kappa shape index (κ1) is 12.0. The molecule has 1 saturated heterocycles. The zero-order valence-electron chi connectivity index (χ0n) is 10.9. The van der Waals surface area contributed by atoms with E-state index < -0.39 is 0 Å². The van der Waals surface area contributed by atoms with Crippen molar-refractivity contribution in [2.45, 2.75) is 18.9 Å². The maximum absolute atomic E-state index is 11.8. The molecule has 98 valence electrons. The van der Waals surface area contributed by atoms with Gasteiger partial charge in [0.2, 0.25) is 0 Å². The molecule has 1 aromatic heterocycles. The summed E-state index contributed by atoms with van der Waals surface area (Å²) in [7, 11) is 1.44. The van der Waals surface area contributed by atoms with Gasteiger partial charge in [-0.2, -0.15) is 0 Å². The number of anilines is 1. The fourth-order valence-corrected chi connectivity index (χ4v) is 2.73. The van der Waals surface area contributed by atoms with Crippen molar-refractivity contribution in [2.75, 3.05) is 18.6 Å². The second kappa shape index (κ2) is 4.88. The Hall–Kier alpha value is -2.10. The van der Waals surface area contributed by atoms with Crippen molar-refractivity contribution in [2.24, 2.45) is 0 Å². The molecule has 2 heterocycles. The van der Waals surface area contributed by atoms with Crippen LogP contribution in [0.4, 0.5) is 5.82 Å². The Morgan fingerprint density at radius 3 is 3.05 bits per heavy atom. The van der Waals surface area contributed by atoms with Crippen LogP contribution in [0.3, 0.4) is 0 Å². The van der Waals surface area contributed by atoms with E-state index in [1.807, 2.05) is 24.3 Å². The smallest absolute Gasteiger partial charge is 0.328 e. The molecule has 0 spiro atoms. The summed E-state index contributed by atoms with van der Waals surface area (Å²) in [5.41, 5.74) is 0. The molecule has 1 aromatic carbocycles. The van der Waals surface area contributed by atoms with Crippen LogP contribution in [0.5, 0.6) is 0 Å². The molecule has 1 aliphatic rings. The molecule has 3 rings (SSSR count). The quantitative estimate of drug-likeness (QED) is 0.774. The molecule has 0 amide bonds. The second-order valence-corrected chi connectivity index (χ2v) is 4.73. The molecule has 0 radical (unpaired) electrons. The number of fused-ring (bicyclic) bond motifs is 1. The summed E-state index contributed by atoms with van der Waals surface area (Å²) in [5.74, 6) is 0.707. The van der Waals surface area contributed by atoms with Gasteiger partial charge in [-0.25, -0.2) is 9.78 Å². The van der Waals surface area contributed by atoms with Gasteiger partial charge in [-0.05, 0) is 24.3 Å². The lowest BCUT2D eigenvalue weighted by Gasteiger charge is -2.24. The van der Waals surface area contributed by atoms with Crippen molar-refractivity contribution >= 4 is 22.6 Å². The van der Waals surface area contributed by atoms with Crippen molar-refractivity contribution in [1.29, 1.82) is 0 Å². The van der Waals surface area contributed by atoms with Crippen molar-refractivity contribution in [3.05, 3.63) is 36.5 Å². The Bertz CT molecular complexity index is 607. The number of esters is 1. The van der Waals surface area contributed by atoms with E-state index in [0.29, 0.717) is 0 Å². The van der Waals surface area contributed by atoms with Gasteiger partial charge in [0.25, 0.3) is 0 Å². The van der Waals surface area contributed by atoms with Crippen molar-refractivity contribution in [1.82, 2.24) is 4.98 Å². The number of nitrogens with zero attached hydrogens (tertiary/aromatic N) is 2. The van der Waals surface area contributed by atoms with Crippen LogP contribution in [0.1, 0.15) is 12.8 Å². The van der Waals surface area contributed by atoms with Crippen LogP contribution < -0.4 is 4.90 Å². The van der Waals surface area contributed by atoms with E-state index in [2.05, 4.69) is 16.0 Å². The van der Waals surface area contributed by atoms with Gasteiger partial charge < -0.3 is 9.64 Å². The first-order valence-electron chi connectivity index (χ1n) is 6.49. The van der Waals surface area contributed by atoms with Crippen LogP contribution in [0.15, 0.2) is 36.5 Å². The monoisotopic (exact) mass is 256 g/mol. The average Bonchev–Trinajstić information content (AvgIpc) is 2.95. The summed E-state index contributed by atoms with van der Waals surface area (Å²) in [6.07, 6.45) is 3.62. The zero-order valence-corrected chi connectivity index (χ0v) is 10.9. The SMILES string of the molecule is COC(=O)C1CCCN1c1nccc2ccccc12. The lowest BCUT2D eigenvalue weighted by Crippen LogP contribution is -2.37. The Kier molecular flexibility index (Phi) is 3.07. The topological polar surface area (TPSA) is 42.4 Å². The molecular formula is C15H16N2O2. The molecule has 0 saturated carbocycles. The summed E-state index contributed by atoms with van der Waals surface area (Å²) in [4.78, 5) is 18.4. The van der Waals surface area contributed by atoms with Crippen LogP contribution in [-0.2, 0) is 9.53 Å². The molecule has 2 aromatic rings. The molecule has 1 aliphatic heterocycles. The standard InChI is InChI=1S/C15H16N2O2/c1-19-15(18)13-7-4-10-17(13)14-12-6-3-2-5-11(12)8-9-16-14/h2-3,5-6,8-9,13H,4,7,10H2,1H3. The Morgan fingerprint density at radius 1 is 1.37 bits per heavy atom. The number of methoxy groups -OCH3 is 1. The van der Waals surface area contributed by atoms with Crippen LogP contribution >= 0.6 is 0 Å². The second-order valence-electron chi connectivity index (χ2n) is 4.73. The maximum atomic E-state index is 11.8. The minimum Gasteiger partial charge on any atom is -0.467 e. The molecule has 19 heavy (non-hydrogen) atoms. The lowest BCUT2D eigenvalue weighted by atomic mass is 10.1. The maximum Gasteiger partial charge on any atom is 0.328 e. The molecule has 1 fully saturated rings. The van der Waals surface area contributed by atoms with Gasteiger partial charge in [-0.1, -0.05) is 24.3 Å². The van der Waals surface area contributed by atoms with Gasteiger partial charge in [0, 0.05) is 18.1 Å². The molecule has 0 bridgehead atoms. The summed E-state index contributed by atoms with van der Waals surface area (Å²) in [6, 6.07) is 9.89. The highest BCUT2D eigenvalue weighted by atomic mass is 16.5. The van der Waals surface area contributed by atoms with Crippen molar-refractivity contribution < 1.29 is 9.53 Å². The van der Waals surface area contributed by atoms with Gasteiger partial charge in [0.05, 0.1) is 7.11 Å². The van der Waals surface area contributed by atoms with E-state index in [1.165, 1.54) is 7.11 Å². The number of pyridine rings is 1. The summed E-state index contributed by atoms with van der Waals surface area (Å²) >= 11 is 0. The first-order valence-corrected chi connectivity index (χ1v) is 6.49. The average molecular weight is 256 g/mol. The van der Waals surface area contributed by atoms with Crippen LogP contribution in [0.25, 0.3) is 10.8 Å². The molecule has 4 nitrogen and oxygen atoms in total. The molecule has 0 aliphatic carbocycles. The van der Waals surface area contributed by atoms with Gasteiger partial charge >= 0.3 is 5.97 Å². The summed E-state index contributed by atoms with van der Waals surface area (Å²) < 4.78 is 4.89. The number of benzene rings is 1. The third-order valence-corrected chi connectivity index (χ3v) is 3.65. The molecule has 1 atom stereocenters. The Labute approximate surface area is 112 Å². The highest BCUT2D eigenvalue weighted by Gasteiger charge is 2.33. The number of aromatic nitrogens is 1. The third kappa shape index (κ3) is 2.03. The largest absolute Gasteiger partial charge is 0.467 e. The van der Waals surface area contributed by atoms with E-state index in [0.717, 1.165) is 36.0 Å². The van der Waals surface area contributed by atoms with E-state index in [9.17, 15) is 4.79 Å². The Morgan fingerprint density at radius 2 is 2.21 bits per heavy atom. The minimum atomic E-state index is -0.205. The predicted octanol–water partition coefficient (Wildman–Crippen LogP) is 2.38. The number of rotatable bonds is 2. The van der Waals surface area contributed by atoms with Crippen LogP contribution in [0, 0.1) is 0 Å². The number of hydrogen-bond donors (Lipinski definition) is 0. The summed E-state index contributed by atoms with van der Waals surface area (Å²) in [5, 5.41) is 2.23. The lowest BCUT2D eigenvalue weighted by molar-refractivity contribution is -0.141. The minimum absolute atomic E-state index is 0.174. The number of carbonyl (C=O) groups is 1. The molecule has 0 N–H and O–H groups in total. The highest BCUT2D eigenvalue weighted by molar-refractivity contribution is 5.94. The van der Waals surface area contributed by atoms with E-state index >= 15 is 0 Å². The van der Waals surface area contributed by atoms with Crippen LogP contribution in [0.2, 0.25) is 0 Å². The molecule has 1 unspecified atom stereocenters. The fourth-order valence-electron chi connectivity index (χ4n) is 2.73. The van der Waals surface area contributed by atoms with Crippen molar-refractivity contribution in [3.63, 3.8) is 0 Å². The highest BCUT2D eigenvalue weighted by Crippen LogP contribution is 2.30.